The van der Waals surface area contributed by atoms with E-state index in [4.69, 9.17) is 48.3 Å². The Morgan fingerprint density at radius 1 is 0.702 bits per heavy atom. The first-order valence-electron chi connectivity index (χ1n) is 18.7. The number of aliphatic carboxylic acids is 1. The zero-order chi connectivity index (χ0) is 43.1. The van der Waals surface area contributed by atoms with Crippen LogP contribution in [0.15, 0.2) is 48.5 Å². The number of Topliss-reactive ketones (excluding diaryl/α,β-unsaturated/α-hetero) is 1. The van der Waals surface area contributed by atoms with Crippen molar-refractivity contribution in [3.05, 3.63) is 69.7 Å². The van der Waals surface area contributed by atoms with Gasteiger partial charge in [0.15, 0.2) is 5.78 Å². The second kappa shape index (κ2) is 22.5. The molecule has 4 rings (SSSR count). The average Bonchev–Trinajstić information content (AvgIpc) is 3.83. The minimum absolute atomic E-state index is 0.0132. The van der Waals surface area contributed by atoms with Gasteiger partial charge in [0.05, 0.1) is 26.2 Å². The normalized spacial score (nSPS) is 17.5. The van der Waals surface area contributed by atoms with Gasteiger partial charge in [0.25, 0.3) is 0 Å². The average molecular weight is 839 g/mol. The number of amides is 2. The molecule has 0 aromatic heterocycles. The Balaban J connectivity index is 0.000000325. The summed E-state index contributed by atoms with van der Waals surface area (Å²) in [6, 6.07) is 12.4. The lowest BCUT2D eigenvalue weighted by Crippen LogP contribution is -2.44. The summed E-state index contributed by atoms with van der Waals surface area (Å²) in [5, 5.41) is 10.2. The third-order valence-electron chi connectivity index (χ3n) is 8.67. The predicted molar refractivity (Wildman–Crippen MR) is 215 cm³/mol. The molecule has 16 heteroatoms. The summed E-state index contributed by atoms with van der Waals surface area (Å²) in [6.45, 7) is 11.6. The molecule has 0 saturated carbocycles. The van der Waals surface area contributed by atoms with Gasteiger partial charge < -0.3 is 29.8 Å². The van der Waals surface area contributed by atoms with E-state index in [-0.39, 0.29) is 12.2 Å². The van der Waals surface area contributed by atoms with Gasteiger partial charge in [0.1, 0.15) is 23.3 Å². The Morgan fingerprint density at radius 2 is 1.11 bits per heavy atom. The van der Waals surface area contributed by atoms with Gasteiger partial charge in [-0.05, 0) is 115 Å². The molecule has 2 aliphatic rings. The van der Waals surface area contributed by atoms with Gasteiger partial charge in [-0.2, -0.15) is 0 Å². The van der Waals surface area contributed by atoms with Crippen LogP contribution in [0.2, 0.25) is 10.0 Å². The second-order valence-electron chi connectivity index (χ2n) is 15.7. The summed E-state index contributed by atoms with van der Waals surface area (Å²) >= 11 is 11.6. The lowest BCUT2D eigenvalue weighted by molar-refractivity contribution is -0.147. The number of nitrogens with zero attached hydrogens (tertiary/aromatic N) is 2. The van der Waals surface area contributed by atoms with Crippen molar-refractivity contribution in [2.24, 2.45) is 11.7 Å². The highest BCUT2D eigenvalue weighted by atomic mass is 35.5. The van der Waals surface area contributed by atoms with Crippen LogP contribution in [0.4, 0.5) is 9.59 Å². The number of carboxylic acid groups (broad SMARTS) is 1. The van der Waals surface area contributed by atoms with Crippen LogP contribution in [-0.4, -0.2) is 107 Å². The van der Waals surface area contributed by atoms with Crippen LogP contribution in [0, 0.1) is 5.92 Å². The van der Waals surface area contributed by atoms with E-state index < -0.39 is 65.3 Å². The van der Waals surface area contributed by atoms with E-state index in [1.54, 1.807) is 65.8 Å². The third kappa shape index (κ3) is 17.3. The minimum Gasteiger partial charge on any atom is -0.480 e. The minimum atomic E-state index is -0.960. The quantitative estimate of drug-likeness (QED) is 0.186. The number of ether oxygens (including phenoxy) is 4. The zero-order valence-corrected chi connectivity index (χ0v) is 35.6. The molecule has 0 aliphatic carbocycles. The smallest absolute Gasteiger partial charge is 0.411 e. The number of rotatable bonds is 10. The van der Waals surface area contributed by atoms with Gasteiger partial charge in [-0.3, -0.25) is 24.2 Å². The van der Waals surface area contributed by atoms with E-state index in [1.165, 1.54) is 24.0 Å². The number of carbonyl (C=O) groups is 6. The van der Waals surface area contributed by atoms with Gasteiger partial charge in [0.2, 0.25) is 0 Å². The predicted octanol–water partition coefficient (Wildman–Crippen LogP) is 6.88. The highest BCUT2D eigenvalue weighted by molar-refractivity contribution is 6.30. The zero-order valence-electron chi connectivity index (χ0n) is 34.0. The molecule has 4 atom stereocenters. The van der Waals surface area contributed by atoms with E-state index >= 15 is 0 Å². The first kappa shape index (κ1) is 48.7. The number of nitrogens with two attached hydrogens (primary N) is 1. The van der Waals surface area contributed by atoms with E-state index in [9.17, 15) is 28.8 Å². The van der Waals surface area contributed by atoms with Crippen molar-refractivity contribution in [2.45, 2.75) is 116 Å². The summed E-state index contributed by atoms with van der Waals surface area (Å²) in [4.78, 5) is 73.8. The van der Waals surface area contributed by atoms with Gasteiger partial charge in [-0.15, -0.1) is 0 Å². The number of esters is 2. The number of carboxylic acids is 1. The van der Waals surface area contributed by atoms with Crippen molar-refractivity contribution in [2.75, 3.05) is 27.3 Å². The monoisotopic (exact) mass is 837 g/mol. The van der Waals surface area contributed by atoms with Crippen LogP contribution in [0.3, 0.4) is 0 Å². The van der Waals surface area contributed by atoms with Gasteiger partial charge in [-0.25, -0.2) is 14.4 Å². The third-order valence-corrected chi connectivity index (χ3v) is 9.17. The Morgan fingerprint density at radius 3 is 1.51 bits per heavy atom. The summed E-state index contributed by atoms with van der Waals surface area (Å²) in [7, 11) is 2.63. The summed E-state index contributed by atoms with van der Waals surface area (Å²) in [5.74, 6) is -2.56. The molecule has 3 unspecified atom stereocenters. The number of methoxy groups -OCH3 is 2. The van der Waals surface area contributed by atoms with Crippen molar-refractivity contribution in [3.63, 3.8) is 0 Å². The second-order valence-corrected chi connectivity index (χ2v) is 16.6. The molecule has 3 N–H and O–H groups in total. The van der Waals surface area contributed by atoms with Crippen LogP contribution < -0.4 is 5.73 Å². The largest absolute Gasteiger partial charge is 0.480 e. The highest BCUT2D eigenvalue weighted by Crippen LogP contribution is 2.26. The fourth-order valence-electron chi connectivity index (χ4n) is 6.00. The molecule has 2 aliphatic heterocycles. The van der Waals surface area contributed by atoms with Gasteiger partial charge in [0, 0.05) is 29.6 Å². The molecule has 2 amide bonds. The van der Waals surface area contributed by atoms with Crippen molar-refractivity contribution in [1.82, 2.24) is 9.80 Å². The summed E-state index contributed by atoms with van der Waals surface area (Å²) in [5.41, 5.74) is 6.24. The molecule has 316 valence electrons. The van der Waals surface area contributed by atoms with Crippen LogP contribution in [0.5, 0.6) is 0 Å². The number of likely N-dealkylation sites (tertiary alicyclic amines) is 2. The Hall–Kier alpha value is -4.40. The van der Waals surface area contributed by atoms with Crippen molar-refractivity contribution in [1.29, 1.82) is 0 Å². The maximum absolute atomic E-state index is 12.9. The number of carbonyl (C=O) groups excluding carboxylic acids is 5. The SMILES string of the molecule is CC(C)(C)OC(=O)N1CCC[C@H]1C(=O)O.COC(=O)C(CC(=O)C1CCCN1C(=O)OC(C)(C)C)Cc1ccc(Cl)cc1.COC(=O)C(N)Cc1ccc(Cl)cc1. The number of ketones is 1. The number of hydrogen-bond acceptors (Lipinski definition) is 11. The summed E-state index contributed by atoms with van der Waals surface area (Å²) in [6.07, 6.45) is 2.36. The number of benzene rings is 2. The van der Waals surface area contributed by atoms with E-state index in [2.05, 4.69) is 4.74 Å². The molecule has 2 fully saturated rings. The van der Waals surface area contributed by atoms with Crippen LogP contribution >= 0.6 is 23.2 Å². The van der Waals surface area contributed by atoms with E-state index in [1.807, 2.05) is 24.3 Å². The topological polar surface area (TPSA) is 192 Å². The van der Waals surface area contributed by atoms with Crippen LogP contribution in [-0.2, 0) is 51.0 Å². The van der Waals surface area contributed by atoms with Gasteiger partial charge >= 0.3 is 30.1 Å². The van der Waals surface area contributed by atoms with Crippen LogP contribution in [0.1, 0.15) is 84.8 Å². The molecular weight excluding hydrogens is 781 g/mol. The van der Waals surface area contributed by atoms with E-state index in [0.29, 0.717) is 48.8 Å². The highest BCUT2D eigenvalue weighted by Gasteiger charge is 2.39. The molecule has 0 spiro atoms. The molecular formula is C41H57Cl2N3O11. The van der Waals surface area contributed by atoms with E-state index in [0.717, 1.165) is 24.0 Å². The van der Waals surface area contributed by atoms with Crippen LogP contribution in [0.25, 0.3) is 0 Å². The summed E-state index contributed by atoms with van der Waals surface area (Å²) < 4.78 is 19.9. The Kier molecular flexibility index (Phi) is 19.3. The fourth-order valence-corrected chi connectivity index (χ4v) is 6.25. The maximum atomic E-state index is 12.9. The first-order valence-corrected chi connectivity index (χ1v) is 19.5. The molecule has 0 radical (unpaired) electrons. The Bertz CT molecular complexity index is 1660. The van der Waals surface area contributed by atoms with Crippen molar-refractivity contribution in [3.8, 4) is 0 Å². The first-order chi connectivity index (χ1) is 26.5. The molecule has 2 heterocycles. The lowest BCUT2D eigenvalue weighted by atomic mass is 9.91. The number of halogens is 2. The maximum Gasteiger partial charge on any atom is 0.411 e. The van der Waals surface area contributed by atoms with Crippen molar-refractivity contribution < 1.29 is 52.8 Å². The molecule has 2 aromatic rings. The van der Waals surface area contributed by atoms with Crippen molar-refractivity contribution >= 4 is 59.1 Å². The fraction of sp³-hybridized carbons (Fsp3) is 0.561. The van der Waals surface area contributed by atoms with Gasteiger partial charge in [-0.1, -0.05) is 47.5 Å². The lowest BCUT2D eigenvalue weighted by Gasteiger charge is -2.28. The molecule has 0 bridgehead atoms. The Labute approximate surface area is 345 Å². The molecule has 14 nitrogen and oxygen atoms in total. The molecule has 2 saturated heterocycles. The molecule has 57 heavy (non-hydrogen) atoms. The standard InChI is InChI=1S/C21H28ClNO5.C10H12ClNO2.C10H17NO4/c1-21(2,3)28-20(26)23-11-5-6-17(23)18(24)13-15(19(25)27-4)12-14-7-9-16(22)10-8-14;1-14-10(13)9(12)6-7-2-4-8(11)5-3-7;1-10(2,3)15-9(14)11-6-4-5-7(11)8(12)13/h7-10,15,17H,5-6,11-13H2,1-4H3;2-5,9H,6,12H2,1H3;7H,4-6H2,1-3H3,(H,12,13)/t;;7-/m..0/s1. The molecule has 2 aromatic carbocycles. The number of hydrogen-bond donors (Lipinski definition) is 2.